The van der Waals surface area contributed by atoms with Gasteiger partial charge in [-0.3, -0.25) is 4.79 Å². The van der Waals surface area contributed by atoms with Gasteiger partial charge in [-0.25, -0.2) is 4.79 Å². The molecule has 114 valence electrons. The van der Waals surface area contributed by atoms with Crippen molar-refractivity contribution in [1.82, 2.24) is 4.90 Å². The van der Waals surface area contributed by atoms with Crippen LogP contribution in [0.3, 0.4) is 0 Å². The lowest BCUT2D eigenvalue weighted by atomic mass is 9.95. The molecule has 1 amide bonds. The topological polar surface area (TPSA) is 96.3 Å². The number of carboxylic acid groups (broad SMARTS) is 1. The summed E-state index contributed by atoms with van der Waals surface area (Å²) in [6, 6.07) is 4.42. The first-order valence-electron chi connectivity index (χ1n) is 6.37. The molecule has 1 fully saturated rings. The summed E-state index contributed by atoms with van der Waals surface area (Å²) in [6.45, 7) is 1.99. The Labute approximate surface area is 121 Å². The molecule has 0 atom stereocenters. The van der Waals surface area contributed by atoms with E-state index in [4.69, 9.17) is 14.6 Å². The Morgan fingerprint density at radius 2 is 2.05 bits per heavy atom. The largest absolute Gasteiger partial charge is 0.504 e. The van der Waals surface area contributed by atoms with Crippen LogP contribution >= 0.6 is 0 Å². The van der Waals surface area contributed by atoms with Crippen molar-refractivity contribution in [3.63, 3.8) is 0 Å². The minimum atomic E-state index is -1.04. The molecule has 0 aliphatic carbocycles. The van der Waals surface area contributed by atoms with Crippen molar-refractivity contribution in [1.29, 1.82) is 0 Å². The summed E-state index contributed by atoms with van der Waals surface area (Å²) >= 11 is 0. The van der Waals surface area contributed by atoms with Gasteiger partial charge in [-0.2, -0.15) is 0 Å². The van der Waals surface area contributed by atoms with Crippen LogP contribution in [0.4, 0.5) is 0 Å². The summed E-state index contributed by atoms with van der Waals surface area (Å²) in [5.41, 5.74) is -0.295. The highest BCUT2D eigenvalue weighted by atomic mass is 16.5. The lowest BCUT2D eigenvalue weighted by Gasteiger charge is -2.47. The van der Waals surface area contributed by atoms with Crippen LogP contribution in [-0.4, -0.2) is 59.4 Å². The molecule has 0 saturated carbocycles. The fourth-order valence-corrected chi connectivity index (χ4v) is 2.24. The molecule has 0 aromatic heterocycles. The van der Waals surface area contributed by atoms with Gasteiger partial charge < -0.3 is 24.6 Å². The van der Waals surface area contributed by atoms with Gasteiger partial charge in [0.1, 0.15) is 12.2 Å². The zero-order chi connectivity index (χ0) is 15.6. The SMILES string of the molecule is COc1ccc(C(=O)N2CC(C)(OCC(=O)O)C2)cc1O. The maximum absolute atomic E-state index is 12.2. The van der Waals surface area contributed by atoms with Gasteiger partial charge in [-0.05, 0) is 25.1 Å². The second kappa shape index (κ2) is 5.61. The van der Waals surface area contributed by atoms with Gasteiger partial charge in [-0.15, -0.1) is 0 Å². The summed E-state index contributed by atoms with van der Waals surface area (Å²) in [7, 11) is 1.43. The first kappa shape index (κ1) is 15.1. The molecular formula is C14H17NO6. The molecule has 0 bridgehead atoms. The minimum Gasteiger partial charge on any atom is -0.504 e. The predicted octanol–water partition coefficient (Wildman–Crippen LogP) is 0.716. The van der Waals surface area contributed by atoms with Crippen LogP contribution in [0.5, 0.6) is 11.5 Å². The van der Waals surface area contributed by atoms with Gasteiger partial charge >= 0.3 is 5.97 Å². The number of carboxylic acids is 1. The van der Waals surface area contributed by atoms with Crippen molar-refractivity contribution in [2.45, 2.75) is 12.5 Å². The molecule has 2 rings (SSSR count). The maximum Gasteiger partial charge on any atom is 0.329 e. The molecule has 1 aromatic rings. The number of aromatic hydroxyl groups is 1. The van der Waals surface area contributed by atoms with Crippen LogP contribution in [0.15, 0.2) is 18.2 Å². The van der Waals surface area contributed by atoms with E-state index < -0.39 is 11.6 Å². The normalized spacial score (nSPS) is 16.2. The van der Waals surface area contributed by atoms with Crippen molar-refractivity contribution in [2.24, 2.45) is 0 Å². The number of ether oxygens (including phenoxy) is 2. The van der Waals surface area contributed by atoms with E-state index in [0.29, 0.717) is 24.4 Å². The van der Waals surface area contributed by atoms with Gasteiger partial charge in [0.05, 0.1) is 20.2 Å². The number of phenols is 1. The van der Waals surface area contributed by atoms with Crippen molar-refractivity contribution in [2.75, 3.05) is 26.8 Å². The second-order valence-electron chi connectivity index (χ2n) is 5.18. The second-order valence-corrected chi connectivity index (χ2v) is 5.18. The first-order chi connectivity index (χ1) is 9.84. The lowest BCUT2D eigenvalue weighted by molar-refractivity contribution is -0.159. The van der Waals surface area contributed by atoms with Gasteiger partial charge in [0.25, 0.3) is 5.91 Å². The summed E-state index contributed by atoms with van der Waals surface area (Å²) in [5, 5.41) is 18.3. The summed E-state index contributed by atoms with van der Waals surface area (Å²) in [4.78, 5) is 24.2. The Morgan fingerprint density at radius 3 is 2.57 bits per heavy atom. The molecular weight excluding hydrogens is 278 g/mol. The maximum atomic E-state index is 12.2. The third kappa shape index (κ3) is 3.25. The zero-order valence-corrected chi connectivity index (χ0v) is 11.8. The third-order valence-electron chi connectivity index (χ3n) is 3.31. The van der Waals surface area contributed by atoms with E-state index in [1.54, 1.807) is 13.0 Å². The molecule has 2 N–H and O–H groups in total. The molecule has 1 aromatic carbocycles. The third-order valence-corrected chi connectivity index (χ3v) is 3.31. The highest BCUT2D eigenvalue weighted by Gasteiger charge is 2.43. The summed E-state index contributed by atoms with van der Waals surface area (Å²) < 4.78 is 10.2. The van der Waals surface area contributed by atoms with Gasteiger partial charge in [0, 0.05) is 5.56 Å². The van der Waals surface area contributed by atoms with Crippen LogP contribution in [0.2, 0.25) is 0 Å². The van der Waals surface area contributed by atoms with E-state index in [0.717, 1.165) is 0 Å². The first-order valence-corrected chi connectivity index (χ1v) is 6.37. The number of rotatable bonds is 5. The Bertz CT molecular complexity index is 565. The van der Waals surface area contributed by atoms with Gasteiger partial charge in [0.15, 0.2) is 11.5 Å². The van der Waals surface area contributed by atoms with E-state index in [1.165, 1.54) is 24.1 Å². The number of carbonyl (C=O) groups is 2. The molecule has 1 aliphatic heterocycles. The number of methoxy groups -OCH3 is 1. The Morgan fingerprint density at radius 1 is 1.38 bits per heavy atom. The van der Waals surface area contributed by atoms with E-state index >= 15 is 0 Å². The fourth-order valence-electron chi connectivity index (χ4n) is 2.24. The van der Waals surface area contributed by atoms with Gasteiger partial charge in [-0.1, -0.05) is 0 Å². The zero-order valence-electron chi connectivity index (χ0n) is 11.8. The Hall–Kier alpha value is -2.28. The quantitative estimate of drug-likeness (QED) is 0.830. The number of amides is 1. The van der Waals surface area contributed by atoms with E-state index in [1.807, 2.05) is 0 Å². The van der Waals surface area contributed by atoms with Crippen LogP contribution in [0, 0.1) is 0 Å². The van der Waals surface area contributed by atoms with Crippen LogP contribution in [0.25, 0.3) is 0 Å². The highest BCUT2D eigenvalue weighted by molar-refractivity contribution is 5.95. The molecule has 1 saturated heterocycles. The monoisotopic (exact) mass is 295 g/mol. The standard InChI is InChI=1S/C14H17NO6/c1-14(21-6-12(17)18)7-15(8-14)13(19)9-3-4-11(20-2)10(16)5-9/h3-5,16H,6-8H2,1-2H3,(H,17,18). The predicted molar refractivity (Wildman–Crippen MR) is 72.6 cm³/mol. The van der Waals surface area contributed by atoms with Crippen LogP contribution < -0.4 is 4.74 Å². The number of hydrogen-bond donors (Lipinski definition) is 2. The number of likely N-dealkylation sites (tertiary alicyclic amines) is 1. The molecule has 0 spiro atoms. The smallest absolute Gasteiger partial charge is 0.329 e. The van der Waals surface area contributed by atoms with E-state index in [-0.39, 0.29) is 18.3 Å². The van der Waals surface area contributed by atoms with Crippen molar-refractivity contribution in [3.05, 3.63) is 23.8 Å². The van der Waals surface area contributed by atoms with E-state index in [2.05, 4.69) is 0 Å². The highest BCUT2D eigenvalue weighted by Crippen LogP contribution is 2.30. The number of benzene rings is 1. The number of hydrogen-bond acceptors (Lipinski definition) is 5. The van der Waals surface area contributed by atoms with Crippen LogP contribution in [-0.2, 0) is 9.53 Å². The average molecular weight is 295 g/mol. The molecule has 7 nitrogen and oxygen atoms in total. The summed E-state index contributed by atoms with van der Waals surface area (Å²) in [6.07, 6.45) is 0. The molecule has 1 aliphatic rings. The van der Waals surface area contributed by atoms with Crippen molar-refractivity contribution >= 4 is 11.9 Å². The number of aliphatic carboxylic acids is 1. The number of nitrogens with zero attached hydrogens (tertiary/aromatic N) is 1. The molecule has 21 heavy (non-hydrogen) atoms. The minimum absolute atomic E-state index is 0.103. The molecule has 0 unspecified atom stereocenters. The van der Waals surface area contributed by atoms with Crippen molar-refractivity contribution in [3.8, 4) is 11.5 Å². The fraction of sp³-hybridized carbons (Fsp3) is 0.429. The molecule has 7 heteroatoms. The van der Waals surface area contributed by atoms with Gasteiger partial charge in [0.2, 0.25) is 0 Å². The van der Waals surface area contributed by atoms with Crippen LogP contribution in [0.1, 0.15) is 17.3 Å². The number of carbonyl (C=O) groups excluding carboxylic acids is 1. The Balaban J connectivity index is 1.97. The average Bonchev–Trinajstić information content (AvgIpc) is 2.41. The van der Waals surface area contributed by atoms with Crippen molar-refractivity contribution < 1.29 is 29.3 Å². The summed E-state index contributed by atoms with van der Waals surface area (Å²) in [5.74, 6) is -1.09. The molecule has 0 radical (unpaired) electrons. The lowest BCUT2D eigenvalue weighted by Crippen LogP contribution is -2.63. The molecule has 1 heterocycles. The number of phenolic OH excluding ortho intramolecular Hbond substituents is 1. The van der Waals surface area contributed by atoms with E-state index in [9.17, 15) is 14.7 Å². The Kier molecular flexibility index (Phi) is 4.04.